The molecule has 0 radical (unpaired) electrons. The first-order valence-electron chi connectivity index (χ1n) is 8.67. The van der Waals surface area contributed by atoms with E-state index < -0.39 is 0 Å². The minimum Gasteiger partial charge on any atom is -0.324 e. The van der Waals surface area contributed by atoms with Crippen LogP contribution in [0, 0.1) is 0 Å². The molecule has 5 rings (SSSR count). The molecule has 1 N–H and O–H groups in total. The van der Waals surface area contributed by atoms with Crippen molar-refractivity contribution < 1.29 is 0 Å². The molecular weight excluding hydrogens is 314 g/mol. The van der Waals surface area contributed by atoms with Gasteiger partial charge in [0, 0.05) is 13.1 Å². The van der Waals surface area contributed by atoms with Crippen LogP contribution in [0.5, 0.6) is 0 Å². The normalized spacial score (nSPS) is 15.4. The highest BCUT2D eigenvalue weighted by Crippen LogP contribution is 2.33. The molecule has 0 aliphatic heterocycles. The van der Waals surface area contributed by atoms with E-state index in [0.717, 1.165) is 34.0 Å². The molecule has 1 aliphatic carbocycles. The van der Waals surface area contributed by atoms with Gasteiger partial charge in [0.1, 0.15) is 6.33 Å². The molecule has 1 fully saturated rings. The monoisotopic (exact) mass is 333 g/mol. The Morgan fingerprint density at radius 3 is 2.80 bits per heavy atom. The predicted octanol–water partition coefficient (Wildman–Crippen LogP) is 3.59. The smallest absolute Gasteiger partial charge is 0.209 e. The number of nitrogens with one attached hydrogen (secondary N) is 1. The lowest BCUT2D eigenvalue weighted by atomic mass is 10.2. The van der Waals surface area contributed by atoms with E-state index in [1.807, 2.05) is 42.5 Å². The number of benzene rings is 1. The summed E-state index contributed by atoms with van der Waals surface area (Å²) in [5, 5.41) is 0. The van der Waals surface area contributed by atoms with Crippen molar-refractivity contribution in [1.29, 1.82) is 0 Å². The van der Waals surface area contributed by atoms with Crippen molar-refractivity contribution in [3.8, 4) is 0 Å². The summed E-state index contributed by atoms with van der Waals surface area (Å²) < 4.78 is 2.21. The van der Waals surface area contributed by atoms with Crippen molar-refractivity contribution in [2.75, 3.05) is 11.9 Å². The van der Waals surface area contributed by atoms with E-state index in [4.69, 9.17) is 0 Å². The van der Waals surface area contributed by atoms with Gasteiger partial charge in [-0.3, -0.25) is 4.90 Å². The number of aromatic nitrogens is 6. The molecule has 0 bridgehead atoms. The summed E-state index contributed by atoms with van der Waals surface area (Å²) in [6.45, 7) is 0. The van der Waals surface area contributed by atoms with E-state index in [1.54, 1.807) is 6.33 Å². The molecule has 25 heavy (non-hydrogen) atoms. The Morgan fingerprint density at radius 1 is 1.12 bits per heavy atom. The zero-order valence-corrected chi connectivity index (χ0v) is 14.1. The molecule has 7 nitrogen and oxygen atoms in total. The Kier molecular flexibility index (Phi) is 3.19. The van der Waals surface area contributed by atoms with Gasteiger partial charge in [-0.25, -0.2) is 19.9 Å². The SMILES string of the molecule is CN(c1nc2ccccc2[nH]1)c1ncnc2c1ncn2C1CCCC1. The van der Waals surface area contributed by atoms with Crippen LogP contribution in [-0.4, -0.2) is 36.5 Å². The van der Waals surface area contributed by atoms with Crippen LogP contribution in [0.3, 0.4) is 0 Å². The van der Waals surface area contributed by atoms with Gasteiger partial charge >= 0.3 is 0 Å². The lowest BCUT2D eigenvalue weighted by Gasteiger charge is -2.15. The number of aromatic amines is 1. The van der Waals surface area contributed by atoms with Gasteiger partial charge in [-0.1, -0.05) is 25.0 Å². The van der Waals surface area contributed by atoms with E-state index in [2.05, 4.69) is 29.5 Å². The number of para-hydroxylation sites is 2. The Labute approximate surface area is 144 Å². The summed E-state index contributed by atoms with van der Waals surface area (Å²) in [7, 11) is 1.95. The number of fused-ring (bicyclic) bond motifs is 2. The summed E-state index contributed by atoms with van der Waals surface area (Å²) >= 11 is 0. The standard InChI is InChI=1S/C18H19N7/c1-24(18-22-13-8-4-5-9-14(13)23-18)16-15-17(20-10-19-16)25(11-21-15)12-6-2-3-7-12/h4-5,8-12H,2-3,6-7H2,1H3,(H,22,23). The third-order valence-electron chi connectivity index (χ3n) is 5.07. The summed E-state index contributed by atoms with van der Waals surface area (Å²) in [5.74, 6) is 1.51. The molecule has 1 saturated carbocycles. The fourth-order valence-corrected chi connectivity index (χ4v) is 3.73. The second-order valence-corrected chi connectivity index (χ2v) is 6.60. The van der Waals surface area contributed by atoms with Crippen LogP contribution < -0.4 is 4.90 Å². The fourth-order valence-electron chi connectivity index (χ4n) is 3.73. The summed E-state index contributed by atoms with van der Waals surface area (Å²) in [4.78, 5) is 23.5. The van der Waals surface area contributed by atoms with E-state index in [9.17, 15) is 0 Å². The quantitative estimate of drug-likeness (QED) is 0.620. The summed E-state index contributed by atoms with van der Waals surface area (Å²) in [6.07, 6.45) is 8.48. The van der Waals surface area contributed by atoms with E-state index in [-0.39, 0.29) is 0 Å². The van der Waals surface area contributed by atoms with E-state index >= 15 is 0 Å². The Morgan fingerprint density at radius 2 is 1.96 bits per heavy atom. The molecule has 3 heterocycles. The molecule has 1 aromatic carbocycles. The number of nitrogens with zero attached hydrogens (tertiary/aromatic N) is 6. The van der Waals surface area contributed by atoms with Crippen molar-refractivity contribution in [1.82, 2.24) is 29.5 Å². The lowest BCUT2D eigenvalue weighted by Crippen LogP contribution is -2.14. The van der Waals surface area contributed by atoms with Crippen LogP contribution in [-0.2, 0) is 0 Å². The Balaban J connectivity index is 1.59. The maximum Gasteiger partial charge on any atom is 0.209 e. The van der Waals surface area contributed by atoms with Gasteiger partial charge in [-0.15, -0.1) is 0 Å². The second kappa shape index (κ2) is 5.54. The molecule has 0 amide bonds. The van der Waals surface area contributed by atoms with Crippen LogP contribution >= 0.6 is 0 Å². The summed E-state index contributed by atoms with van der Waals surface area (Å²) in [5.41, 5.74) is 3.66. The molecule has 0 saturated heterocycles. The average Bonchev–Trinajstić information content (AvgIpc) is 3.37. The van der Waals surface area contributed by atoms with Crippen LogP contribution in [0.4, 0.5) is 11.8 Å². The first-order chi connectivity index (χ1) is 12.3. The van der Waals surface area contributed by atoms with Crippen molar-refractivity contribution in [2.24, 2.45) is 0 Å². The molecule has 7 heteroatoms. The highest BCUT2D eigenvalue weighted by molar-refractivity contribution is 5.86. The Bertz CT molecular complexity index is 1010. The summed E-state index contributed by atoms with van der Waals surface area (Å²) in [6, 6.07) is 8.50. The van der Waals surface area contributed by atoms with Crippen molar-refractivity contribution >= 4 is 34.0 Å². The molecule has 1 aliphatic rings. The number of anilines is 2. The van der Waals surface area contributed by atoms with Gasteiger partial charge in [-0.05, 0) is 25.0 Å². The molecular formula is C18H19N7. The molecule has 0 atom stereocenters. The minimum atomic E-state index is 0.504. The van der Waals surface area contributed by atoms with E-state index in [0.29, 0.717) is 6.04 Å². The zero-order valence-electron chi connectivity index (χ0n) is 14.1. The molecule has 126 valence electrons. The van der Waals surface area contributed by atoms with Crippen molar-refractivity contribution in [3.63, 3.8) is 0 Å². The average molecular weight is 333 g/mol. The first kappa shape index (κ1) is 14.4. The van der Waals surface area contributed by atoms with Gasteiger partial charge in [0.05, 0.1) is 17.4 Å². The van der Waals surface area contributed by atoms with Gasteiger partial charge in [0.2, 0.25) is 5.95 Å². The number of hydrogen-bond acceptors (Lipinski definition) is 5. The predicted molar refractivity (Wildman–Crippen MR) is 97.0 cm³/mol. The zero-order chi connectivity index (χ0) is 16.8. The third-order valence-corrected chi connectivity index (χ3v) is 5.07. The number of rotatable bonds is 3. The van der Waals surface area contributed by atoms with Gasteiger partial charge in [0.15, 0.2) is 17.0 Å². The van der Waals surface area contributed by atoms with Crippen LogP contribution in [0.25, 0.3) is 22.2 Å². The second-order valence-electron chi connectivity index (χ2n) is 6.60. The van der Waals surface area contributed by atoms with Gasteiger partial charge in [-0.2, -0.15) is 0 Å². The molecule has 0 spiro atoms. The maximum absolute atomic E-state index is 4.66. The largest absolute Gasteiger partial charge is 0.324 e. The number of hydrogen-bond donors (Lipinski definition) is 1. The number of imidazole rings is 2. The lowest BCUT2D eigenvalue weighted by molar-refractivity contribution is 0.529. The molecule has 3 aromatic heterocycles. The van der Waals surface area contributed by atoms with Crippen LogP contribution in [0.2, 0.25) is 0 Å². The van der Waals surface area contributed by atoms with E-state index in [1.165, 1.54) is 25.7 Å². The van der Waals surface area contributed by atoms with Crippen LogP contribution in [0.15, 0.2) is 36.9 Å². The minimum absolute atomic E-state index is 0.504. The fraction of sp³-hybridized carbons (Fsp3) is 0.333. The number of H-pyrrole nitrogens is 1. The van der Waals surface area contributed by atoms with Gasteiger partial charge < -0.3 is 9.55 Å². The third kappa shape index (κ3) is 2.26. The van der Waals surface area contributed by atoms with Crippen molar-refractivity contribution in [2.45, 2.75) is 31.7 Å². The first-order valence-corrected chi connectivity index (χ1v) is 8.67. The van der Waals surface area contributed by atoms with Gasteiger partial charge in [0.25, 0.3) is 0 Å². The highest BCUT2D eigenvalue weighted by Gasteiger charge is 2.22. The molecule has 4 aromatic rings. The molecule has 0 unspecified atom stereocenters. The maximum atomic E-state index is 4.66. The van der Waals surface area contributed by atoms with Crippen LogP contribution in [0.1, 0.15) is 31.7 Å². The van der Waals surface area contributed by atoms with Crippen molar-refractivity contribution in [3.05, 3.63) is 36.9 Å². The Hall–Kier alpha value is -2.96. The highest BCUT2D eigenvalue weighted by atomic mass is 15.3. The topological polar surface area (TPSA) is 75.5 Å².